The number of ether oxygens (including phenoxy) is 5. The summed E-state index contributed by atoms with van der Waals surface area (Å²) in [5, 5.41) is 104. The SMILES string of the molecule is COc1cc(O)c2c(c1)C(=O)c1c(cc3c(c1O)-c1c(cc(C)c(C(=O)NC(C)C(=O)O)c1O)[C@H](OC1OC(C)C(NC=O)C(OC4OCC(O)C(O)C4O)C1O)[C@H]3O)C2=O. The molecular weight excluding hydrogens is 812 g/mol. The Labute approximate surface area is 344 Å². The number of aliphatic hydroxyl groups excluding tert-OH is 5. The number of carboxylic acids is 1. The van der Waals surface area contributed by atoms with Crippen LogP contribution in [0.15, 0.2) is 24.3 Å². The van der Waals surface area contributed by atoms with E-state index in [0.29, 0.717) is 0 Å². The van der Waals surface area contributed by atoms with E-state index in [0.717, 1.165) is 12.1 Å². The highest BCUT2D eigenvalue weighted by molar-refractivity contribution is 6.31. The Balaban J connectivity index is 1.37. The number of carbonyl (C=O) groups is 5. The van der Waals surface area contributed by atoms with Crippen LogP contribution in [0, 0.1) is 6.92 Å². The Morgan fingerprint density at radius 1 is 0.852 bits per heavy atom. The summed E-state index contributed by atoms with van der Waals surface area (Å²) >= 11 is 0. The topological polar surface area (TPSA) is 338 Å². The van der Waals surface area contributed by atoms with Crippen molar-refractivity contribution in [2.45, 2.75) is 94.3 Å². The van der Waals surface area contributed by atoms with Crippen molar-refractivity contribution < 1.29 is 93.6 Å². The molecule has 2 aliphatic heterocycles. The number of phenolic OH excluding ortho intramolecular Hbond substituents is 3. The molecule has 4 aliphatic rings. The number of hydrogen-bond acceptors (Lipinski definition) is 18. The van der Waals surface area contributed by atoms with Gasteiger partial charge in [0.2, 0.25) is 6.41 Å². The zero-order valence-corrected chi connectivity index (χ0v) is 32.6. The van der Waals surface area contributed by atoms with E-state index in [1.165, 1.54) is 40.0 Å². The molecule has 0 radical (unpaired) electrons. The van der Waals surface area contributed by atoms with Crippen LogP contribution in [0.2, 0.25) is 0 Å². The first kappa shape index (κ1) is 43.3. The molecule has 326 valence electrons. The van der Waals surface area contributed by atoms with Crippen LogP contribution in [0.4, 0.5) is 0 Å². The molecule has 3 aromatic carbocycles. The second kappa shape index (κ2) is 16.3. The van der Waals surface area contributed by atoms with Gasteiger partial charge in [-0.3, -0.25) is 24.0 Å². The minimum atomic E-state index is -1.95. The van der Waals surface area contributed by atoms with Gasteiger partial charge in [0, 0.05) is 28.3 Å². The van der Waals surface area contributed by atoms with Crippen LogP contribution < -0.4 is 15.4 Å². The lowest BCUT2D eigenvalue weighted by atomic mass is 9.74. The second-order valence-corrected chi connectivity index (χ2v) is 15.1. The van der Waals surface area contributed by atoms with Crippen molar-refractivity contribution in [2.24, 2.45) is 0 Å². The summed E-state index contributed by atoms with van der Waals surface area (Å²) in [5.41, 5.74) is -3.71. The molecule has 2 fully saturated rings. The lowest BCUT2D eigenvalue weighted by molar-refractivity contribution is -0.339. The van der Waals surface area contributed by atoms with Gasteiger partial charge in [-0.2, -0.15) is 0 Å². The third kappa shape index (κ3) is 7.12. The molecule has 2 saturated heterocycles. The number of hydrogen-bond donors (Lipinski definition) is 11. The fourth-order valence-corrected chi connectivity index (χ4v) is 8.21. The van der Waals surface area contributed by atoms with Gasteiger partial charge in [-0.15, -0.1) is 0 Å². The van der Waals surface area contributed by atoms with Crippen LogP contribution in [0.25, 0.3) is 11.1 Å². The predicted molar refractivity (Wildman–Crippen MR) is 201 cm³/mol. The van der Waals surface area contributed by atoms with E-state index in [9.17, 15) is 69.9 Å². The van der Waals surface area contributed by atoms with Crippen LogP contribution in [0.3, 0.4) is 0 Å². The maximum Gasteiger partial charge on any atom is 0.325 e. The number of methoxy groups -OCH3 is 1. The van der Waals surface area contributed by atoms with Crippen molar-refractivity contribution in [3.05, 3.63) is 68.8 Å². The Hall–Kier alpha value is -5.75. The Morgan fingerprint density at radius 3 is 2.16 bits per heavy atom. The Morgan fingerprint density at radius 2 is 1.51 bits per heavy atom. The zero-order chi connectivity index (χ0) is 44.5. The predicted octanol–water partition coefficient (Wildman–Crippen LogP) is -1.09. The molecule has 0 saturated carbocycles. The lowest BCUT2D eigenvalue weighted by Gasteiger charge is -2.47. The van der Waals surface area contributed by atoms with Crippen molar-refractivity contribution in [1.82, 2.24) is 10.6 Å². The summed E-state index contributed by atoms with van der Waals surface area (Å²) in [5.74, 6) is -6.83. The molecule has 7 rings (SSSR count). The molecule has 21 heteroatoms. The number of rotatable bonds is 10. The average molecular weight is 855 g/mol. The standard InChI is InChI=1S/C40H42N2O19/c1-11-5-18-24(31(50)21(11)37(54)42-12(2)38(55)56)23-16(8-17-25(32(23)51)28(47)15-6-14(57-4)7-19(44)22(15)27(17)46)29(48)35(18)60-40-34(53)36(26(41-10-43)13(3)59-40)61-39-33(52)30(49)20(45)9-58-39/h5-8,10,12-13,20,26,29-30,33-36,39-40,44-45,48-53H,9H2,1-4H3,(H,41,43)(H,42,54)(H,55,56)/t12?,13?,20?,26?,29-,30?,33?,34?,35-,36?,39?,40?/m0/s1. The number of aliphatic hydroxyl groups is 5. The van der Waals surface area contributed by atoms with E-state index in [4.69, 9.17) is 23.7 Å². The molecule has 0 bridgehead atoms. The van der Waals surface area contributed by atoms with Gasteiger partial charge in [0.15, 0.2) is 24.1 Å². The number of phenols is 3. The monoisotopic (exact) mass is 854 g/mol. The van der Waals surface area contributed by atoms with Gasteiger partial charge in [-0.1, -0.05) is 6.07 Å². The van der Waals surface area contributed by atoms with Crippen LogP contribution in [-0.4, -0.2) is 151 Å². The number of aromatic hydroxyl groups is 3. The number of aryl methyl sites for hydroxylation is 1. The molecule has 0 spiro atoms. The third-order valence-corrected chi connectivity index (χ3v) is 11.3. The van der Waals surface area contributed by atoms with Gasteiger partial charge >= 0.3 is 5.97 Å². The first-order valence-corrected chi connectivity index (χ1v) is 18.8. The van der Waals surface area contributed by atoms with E-state index >= 15 is 0 Å². The Bertz CT molecular complexity index is 2330. The van der Waals surface area contributed by atoms with Crippen molar-refractivity contribution >= 4 is 29.9 Å². The summed E-state index contributed by atoms with van der Waals surface area (Å²) in [6.07, 6.45) is -16.4. The van der Waals surface area contributed by atoms with E-state index in [1.807, 2.05) is 0 Å². The molecule has 2 aliphatic carbocycles. The number of ketones is 2. The molecule has 10 unspecified atom stereocenters. The van der Waals surface area contributed by atoms with Crippen molar-refractivity contribution in [3.63, 3.8) is 0 Å². The smallest absolute Gasteiger partial charge is 0.325 e. The molecule has 3 aromatic rings. The Kier molecular flexibility index (Phi) is 11.6. The highest BCUT2D eigenvalue weighted by Crippen LogP contribution is 2.57. The minimum absolute atomic E-state index is 0.000376. The molecule has 61 heavy (non-hydrogen) atoms. The molecule has 2 amide bonds. The average Bonchev–Trinajstić information content (AvgIpc) is 3.20. The maximum absolute atomic E-state index is 14.1. The van der Waals surface area contributed by atoms with E-state index < -0.39 is 154 Å². The van der Waals surface area contributed by atoms with E-state index in [2.05, 4.69) is 10.6 Å². The molecular formula is C40H42N2O19. The van der Waals surface area contributed by atoms with Crippen LogP contribution in [0.1, 0.15) is 84.9 Å². The number of amides is 2. The summed E-state index contributed by atoms with van der Waals surface area (Å²) in [4.78, 5) is 64.9. The van der Waals surface area contributed by atoms with Crippen LogP contribution in [0.5, 0.6) is 23.0 Å². The summed E-state index contributed by atoms with van der Waals surface area (Å²) < 4.78 is 28.6. The lowest BCUT2D eigenvalue weighted by Crippen LogP contribution is -2.65. The third-order valence-electron chi connectivity index (χ3n) is 11.3. The maximum atomic E-state index is 14.1. The molecule has 11 N–H and O–H groups in total. The summed E-state index contributed by atoms with van der Waals surface area (Å²) in [7, 11) is 1.25. The number of aliphatic carboxylic acids is 1. The van der Waals surface area contributed by atoms with E-state index in [-0.39, 0.29) is 34.4 Å². The second-order valence-electron chi connectivity index (χ2n) is 15.1. The van der Waals surface area contributed by atoms with Gasteiger partial charge in [-0.05, 0) is 49.6 Å². The fourth-order valence-electron chi connectivity index (χ4n) is 8.21. The number of nitrogens with one attached hydrogen (secondary N) is 2. The highest BCUT2D eigenvalue weighted by Gasteiger charge is 2.51. The quantitative estimate of drug-likeness (QED) is 0.0845. The highest BCUT2D eigenvalue weighted by atomic mass is 16.7. The zero-order valence-electron chi connectivity index (χ0n) is 32.6. The van der Waals surface area contributed by atoms with Gasteiger partial charge < -0.3 is 80.3 Å². The van der Waals surface area contributed by atoms with Crippen molar-refractivity contribution in [1.29, 1.82) is 0 Å². The molecule has 12 atom stereocenters. The first-order valence-electron chi connectivity index (χ1n) is 18.8. The number of carbonyl (C=O) groups excluding carboxylic acids is 4. The molecule has 21 nitrogen and oxygen atoms in total. The van der Waals surface area contributed by atoms with Gasteiger partial charge in [0.1, 0.15) is 71.8 Å². The first-order chi connectivity index (χ1) is 28.8. The fraction of sp³-hybridized carbons (Fsp3) is 0.425. The normalized spacial score (nSPS) is 29.6. The van der Waals surface area contributed by atoms with Gasteiger partial charge in [-0.25, -0.2) is 0 Å². The van der Waals surface area contributed by atoms with Crippen LogP contribution >= 0.6 is 0 Å². The number of fused-ring (bicyclic) bond motifs is 5. The number of benzene rings is 3. The number of carboxylic acid groups (broad SMARTS) is 1. The van der Waals surface area contributed by atoms with Gasteiger partial charge in [0.25, 0.3) is 5.91 Å². The molecule has 2 heterocycles. The van der Waals surface area contributed by atoms with Crippen LogP contribution in [-0.2, 0) is 28.5 Å². The minimum Gasteiger partial charge on any atom is -0.507 e. The van der Waals surface area contributed by atoms with Gasteiger partial charge in [0.05, 0.1) is 42.6 Å². The molecule has 0 aromatic heterocycles. The largest absolute Gasteiger partial charge is 0.507 e. The summed E-state index contributed by atoms with van der Waals surface area (Å²) in [6, 6.07) is 1.95. The van der Waals surface area contributed by atoms with E-state index in [1.54, 1.807) is 0 Å². The summed E-state index contributed by atoms with van der Waals surface area (Å²) in [6.45, 7) is 3.50. The van der Waals surface area contributed by atoms with Crippen molar-refractivity contribution in [2.75, 3.05) is 13.7 Å². The van der Waals surface area contributed by atoms with Crippen molar-refractivity contribution in [3.8, 4) is 34.1 Å².